The minimum atomic E-state index is -3.44. The Balaban J connectivity index is 1.91. The molecule has 0 fully saturated rings. The van der Waals surface area contributed by atoms with Gasteiger partial charge in [-0.3, -0.25) is 0 Å². The van der Waals surface area contributed by atoms with Crippen LogP contribution in [-0.4, -0.2) is 33.9 Å². The van der Waals surface area contributed by atoms with E-state index in [2.05, 4.69) is 20.8 Å². The van der Waals surface area contributed by atoms with Crippen LogP contribution >= 0.6 is 11.6 Å². The van der Waals surface area contributed by atoms with E-state index >= 15 is 0 Å². The summed E-state index contributed by atoms with van der Waals surface area (Å²) in [5.41, 5.74) is 1.27. The minimum absolute atomic E-state index is 0.00837. The summed E-state index contributed by atoms with van der Waals surface area (Å²) in [5.74, 6) is -0.0201. The average molecular weight is 411 g/mol. The van der Waals surface area contributed by atoms with Crippen LogP contribution in [0.15, 0.2) is 47.4 Å². The Bertz CT molecular complexity index is 912. The van der Waals surface area contributed by atoms with Crippen molar-refractivity contribution in [3.05, 3.63) is 58.6 Å². The van der Waals surface area contributed by atoms with Crippen molar-refractivity contribution < 1.29 is 22.7 Å². The van der Waals surface area contributed by atoms with Gasteiger partial charge in [0.2, 0.25) is 0 Å². The normalized spacial score (nSPS) is 11.9. The first-order valence-corrected chi connectivity index (χ1v) is 10.7. The Morgan fingerprint density at radius 3 is 2.22 bits per heavy atom. The van der Waals surface area contributed by atoms with E-state index in [-0.39, 0.29) is 34.1 Å². The third-order valence-electron chi connectivity index (χ3n) is 3.89. The van der Waals surface area contributed by atoms with Gasteiger partial charge >= 0.3 is 5.97 Å². The molecule has 0 aliphatic carbocycles. The molecule has 0 aliphatic heterocycles. The first-order chi connectivity index (χ1) is 12.5. The SMILES string of the molecule is CC(C)(C)c1ccc(OCCOC(=O)c2cc(S(C)(=O)=O)ccc2Cl)cc1. The molecule has 0 unspecified atom stereocenters. The van der Waals surface area contributed by atoms with Crippen LogP contribution < -0.4 is 4.74 Å². The summed E-state index contributed by atoms with van der Waals surface area (Å²) in [6.07, 6.45) is 1.06. The Morgan fingerprint density at radius 1 is 1.04 bits per heavy atom. The monoisotopic (exact) mass is 410 g/mol. The zero-order valence-electron chi connectivity index (χ0n) is 15.8. The number of esters is 1. The van der Waals surface area contributed by atoms with E-state index < -0.39 is 15.8 Å². The van der Waals surface area contributed by atoms with E-state index in [0.717, 1.165) is 6.26 Å². The van der Waals surface area contributed by atoms with Crippen molar-refractivity contribution in [3.8, 4) is 5.75 Å². The maximum atomic E-state index is 12.2. The molecule has 0 bridgehead atoms. The molecule has 0 saturated heterocycles. The molecular weight excluding hydrogens is 388 g/mol. The molecule has 2 aromatic rings. The number of ether oxygens (including phenoxy) is 2. The van der Waals surface area contributed by atoms with Crippen molar-refractivity contribution in [1.29, 1.82) is 0 Å². The number of rotatable bonds is 6. The second-order valence-electron chi connectivity index (χ2n) is 7.17. The summed E-state index contributed by atoms with van der Waals surface area (Å²) in [5, 5.41) is 0.131. The molecule has 0 heterocycles. The maximum Gasteiger partial charge on any atom is 0.339 e. The summed E-state index contributed by atoms with van der Waals surface area (Å²) < 4.78 is 33.9. The molecule has 0 radical (unpaired) electrons. The molecule has 2 aromatic carbocycles. The highest BCUT2D eigenvalue weighted by Gasteiger charge is 2.17. The number of halogens is 1. The predicted molar refractivity (Wildman–Crippen MR) is 105 cm³/mol. The predicted octanol–water partition coefficient (Wildman–Crippen LogP) is 4.28. The third-order valence-corrected chi connectivity index (χ3v) is 5.33. The van der Waals surface area contributed by atoms with Crippen molar-refractivity contribution in [3.63, 3.8) is 0 Å². The molecule has 146 valence electrons. The van der Waals surface area contributed by atoms with Crippen molar-refractivity contribution in [1.82, 2.24) is 0 Å². The van der Waals surface area contributed by atoms with E-state index in [9.17, 15) is 13.2 Å². The lowest BCUT2D eigenvalue weighted by Gasteiger charge is -2.19. The fourth-order valence-corrected chi connectivity index (χ4v) is 3.16. The van der Waals surface area contributed by atoms with Gasteiger partial charge in [-0.1, -0.05) is 44.5 Å². The topological polar surface area (TPSA) is 69.7 Å². The zero-order valence-corrected chi connectivity index (χ0v) is 17.4. The van der Waals surface area contributed by atoms with Gasteiger partial charge in [0.15, 0.2) is 9.84 Å². The Labute approximate surface area is 165 Å². The number of hydrogen-bond donors (Lipinski definition) is 0. The third kappa shape index (κ3) is 5.97. The van der Waals surface area contributed by atoms with Gasteiger partial charge in [0.1, 0.15) is 19.0 Å². The van der Waals surface area contributed by atoms with Gasteiger partial charge in [0, 0.05) is 6.26 Å². The number of sulfone groups is 1. The molecular formula is C20H23ClO5S. The highest BCUT2D eigenvalue weighted by Crippen LogP contribution is 2.24. The minimum Gasteiger partial charge on any atom is -0.490 e. The molecule has 7 heteroatoms. The molecule has 0 saturated carbocycles. The second-order valence-corrected chi connectivity index (χ2v) is 9.60. The van der Waals surface area contributed by atoms with E-state index in [1.54, 1.807) is 0 Å². The van der Waals surface area contributed by atoms with Crippen LogP contribution in [0.4, 0.5) is 0 Å². The summed E-state index contributed by atoms with van der Waals surface area (Å²) >= 11 is 5.97. The van der Waals surface area contributed by atoms with Crippen LogP contribution in [0.5, 0.6) is 5.75 Å². The van der Waals surface area contributed by atoms with Crippen molar-refractivity contribution in [2.45, 2.75) is 31.1 Å². The summed E-state index contributed by atoms with van der Waals surface area (Å²) in [7, 11) is -3.44. The molecule has 0 N–H and O–H groups in total. The lowest BCUT2D eigenvalue weighted by Crippen LogP contribution is -2.14. The molecule has 2 rings (SSSR count). The highest BCUT2D eigenvalue weighted by molar-refractivity contribution is 7.90. The van der Waals surface area contributed by atoms with Crippen molar-refractivity contribution in [2.24, 2.45) is 0 Å². The lowest BCUT2D eigenvalue weighted by atomic mass is 9.87. The number of benzene rings is 2. The first-order valence-electron chi connectivity index (χ1n) is 8.38. The Hall–Kier alpha value is -2.05. The Morgan fingerprint density at radius 2 is 1.67 bits per heavy atom. The second kappa shape index (κ2) is 8.31. The average Bonchev–Trinajstić information content (AvgIpc) is 2.57. The summed E-state index contributed by atoms with van der Waals surface area (Å²) in [6, 6.07) is 11.7. The van der Waals surface area contributed by atoms with Gasteiger partial charge in [-0.15, -0.1) is 0 Å². The highest BCUT2D eigenvalue weighted by atomic mass is 35.5. The number of hydrogen-bond acceptors (Lipinski definition) is 5. The van der Waals surface area contributed by atoms with Gasteiger partial charge in [-0.25, -0.2) is 13.2 Å². The van der Waals surface area contributed by atoms with Crippen LogP contribution in [0.1, 0.15) is 36.7 Å². The zero-order chi connectivity index (χ0) is 20.2. The smallest absolute Gasteiger partial charge is 0.339 e. The summed E-state index contributed by atoms with van der Waals surface area (Å²) in [6.45, 7) is 6.58. The maximum absolute atomic E-state index is 12.2. The van der Waals surface area contributed by atoms with Crippen LogP contribution in [0.2, 0.25) is 5.02 Å². The van der Waals surface area contributed by atoms with Gasteiger partial charge in [-0.05, 0) is 41.3 Å². The van der Waals surface area contributed by atoms with Gasteiger partial charge in [0.25, 0.3) is 0 Å². The van der Waals surface area contributed by atoms with Crippen LogP contribution in [0.3, 0.4) is 0 Å². The molecule has 5 nitrogen and oxygen atoms in total. The van der Waals surface area contributed by atoms with Crippen LogP contribution in [-0.2, 0) is 20.0 Å². The van der Waals surface area contributed by atoms with E-state index in [1.165, 1.54) is 23.8 Å². The van der Waals surface area contributed by atoms with Crippen LogP contribution in [0.25, 0.3) is 0 Å². The largest absolute Gasteiger partial charge is 0.490 e. The molecule has 0 spiro atoms. The molecule has 0 aromatic heterocycles. The van der Waals surface area contributed by atoms with Crippen molar-refractivity contribution in [2.75, 3.05) is 19.5 Å². The molecule has 0 aliphatic rings. The van der Waals surface area contributed by atoms with Gasteiger partial charge in [0.05, 0.1) is 15.5 Å². The standard InChI is InChI=1S/C20H23ClO5S/c1-20(2,3)14-5-7-15(8-6-14)25-11-12-26-19(22)17-13-16(27(4,23)24)9-10-18(17)21/h5-10,13H,11-12H2,1-4H3. The lowest BCUT2D eigenvalue weighted by molar-refractivity contribution is 0.0450. The molecule has 0 amide bonds. The van der Waals surface area contributed by atoms with E-state index in [0.29, 0.717) is 5.75 Å². The Kier molecular flexibility index (Phi) is 6.54. The van der Waals surface area contributed by atoms with Crippen molar-refractivity contribution >= 4 is 27.4 Å². The molecule has 0 atom stereocenters. The van der Waals surface area contributed by atoms with Gasteiger partial charge in [-0.2, -0.15) is 0 Å². The quantitative estimate of drug-likeness (QED) is 0.525. The van der Waals surface area contributed by atoms with E-state index in [4.69, 9.17) is 21.1 Å². The van der Waals surface area contributed by atoms with Gasteiger partial charge < -0.3 is 9.47 Å². The fraction of sp³-hybridized carbons (Fsp3) is 0.350. The van der Waals surface area contributed by atoms with E-state index in [1.807, 2.05) is 24.3 Å². The first kappa shape index (κ1) is 21.3. The fourth-order valence-electron chi connectivity index (χ4n) is 2.31. The number of carbonyl (C=O) groups is 1. The number of carbonyl (C=O) groups excluding carboxylic acids is 1. The molecule has 27 heavy (non-hydrogen) atoms. The van der Waals surface area contributed by atoms with Crippen LogP contribution in [0, 0.1) is 0 Å². The summed E-state index contributed by atoms with van der Waals surface area (Å²) in [4.78, 5) is 12.2.